The monoisotopic (exact) mass is 388 g/mol. The Labute approximate surface area is 151 Å². The number of sulfone groups is 2. The van der Waals surface area contributed by atoms with Crippen molar-refractivity contribution < 1.29 is 16.8 Å². The molecule has 0 fully saturated rings. The highest BCUT2D eigenvalue weighted by Gasteiger charge is 2.24. The molecule has 0 unspecified atom stereocenters. The standard InChI is InChI=1S/C18H16N2O4S2/c19-13-8-10-14(11-9-13)25(21,22)15-4-3-5-16(12-15)26(23,24)18-7-2-1-6-17(18)20/h1-12H,19-20H2. The Bertz CT molecular complexity index is 1170. The van der Waals surface area contributed by atoms with Gasteiger partial charge < -0.3 is 11.5 Å². The quantitative estimate of drug-likeness (QED) is 0.663. The fourth-order valence-electron chi connectivity index (χ4n) is 2.44. The molecular formula is C18H16N2O4S2. The molecule has 0 amide bonds. The van der Waals surface area contributed by atoms with Crippen LogP contribution in [0.1, 0.15) is 0 Å². The summed E-state index contributed by atoms with van der Waals surface area (Å²) in [6.45, 7) is 0. The molecule has 0 saturated heterocycles. The van der Waals surface area contributed by atoms with Crippen LogP contribution in [0.15, 0.2) is 92.4 Å². The van der Waals surface area contributed by atoms with E-state index in [0.717, 1.165) is 6.07 Å². The van der Waals surface area contributed by atoms with Crippen molar-refractivity contribution in [3.05, 3.63) is 72.8 Å². The van der Waals surface area contributed by atoms with Crippen LogP contribution in [0.5, 0.6) is 0 Å². The van der Waals surface area contributed by atoms with Crippen molar-refractivity contribution in [1.29, 1.82) is 0 Å². The lowest BCUT2D eigenvalue weighted by molar-refractivity contribution is 0.594. The van der Waals surface area contributed by atoms with Gasteiger partial charge in [0.05, 0.1) is 25.3 Å². The van der Waals surface area contributed by atoms with E-state index in [2.05, 4.69) is 0 Å². The summed E-state index contributed by atoms with van der Waals surface area (Å²) in [5.74, 6) is 0. The van der Waals surface area contributed by atoms with Crippen LogP contribution in [0.2, 0.25) is 0 Å². The third kappa shape index (κ3) is 3.16. The minimum Gasteiger partial charge on any atom is -0.399 e. The molecule has 0 aromatic heterocycles. The zero-order valence-corrected chi connectivity index (χ0v) is 15.2. The molecule has 3 aromatic carbocycles. The molecule has 4 N–H and O–H groups in total. The van der Waals surface area contributed by atoms with Crippen LogP contribution < -0.4 is 11.5 Å². The second kappa shape index (κ2) is 6.47. The topological polar surface area (TPSA) is 120 Å². The Balaban J connectivity index is 2.12. The van der Waals surface area contributed by atoms with Crippen LogP contribution in [-0.2, 0) is 19.7 Å². The molecule has 0 aliphatic rings. The smallest absolute Gasteiger partial charge is 0.208 e. The van der Waals surface area contributed by atoms with Crippen molar-refractivity contribution in [2.24, 2.45) is 0 Å². The maximum atomic E-state index is 12.8. The van der Waals surface area contributed by atoms with Gasteiger partial charge >= 0.3 is 0 Å². The Morgan fingerprint density at radius 2 is 1.15 bits per heavy atom. The zero-order valence-electron chi connectivity index (χ0n) is 13.5. The number of anilines is 2. The third-order valence-electron chi connectivity index (χ3n) is 3.83. The van der Waals surface area contributed by atoms with E-state index in [1.165, 1.54) is 54.6 Å². The van der Waals surface area contributed by atoms with Gasteiger partial charge in [0.2, 0.25) is 19.7 Å². The van der Waals surface area contributed by atoms with Gasteiger partial charge in [-0.2, -0.15) is 0 Å². The van der Waals surface area contributed by atoms with Crippen LogP contribution in [-0.4, -0.2) is 16.8 Å². The second-order valence-electron chi connectivity index (χ2n) is 5.59. The molecule has 0 aliphatic heterocycles. The lowest BCUT2D eigenvalue weighted by Crippen LogP contribution is -2.08. The maximum Gasteiger partial charge on any atom is 0.208 e. The van der Waals surface area contributed by atoms with Crippen LogP contribution in [0, 0.1) is 0 Å². The lowest BCUT2D eigenvalue weighted by atomic mass is 10.3. The predicted molar refractivity (Wildman–Crippen MR) is 99.1 cm³/mol. The fraction of sp³-hybridized carbons (Fsp3) is 0. The van der Waals surface area contributed by atoms with Crippen LogP contribution in [0.4, 0.5) is 11.4 Å². The molecular weight excluding hydrogens is 372 g/mol. The van der Waals surface area contributed by atoms with E-state index in [1.54, 1.807) is 12.1 Å². The summed E-state index contributed by atoms with van der Waals surface area (Å²) in [6, 6.07) is 16.9. The van der Waals surface area contributed by atoms with E-state index in [0.29, 0.717) is 5.69 Å². The van der Waals surface area contributed by atoms with Crippen molar-refractivity contribution in [1.82, 2.24) is 0 Å². The Kier molecular flexibility index (Phi) is 4.47. The number of para-hydroxylation sites is 1. The summed E-state index contributed by atoms with van der Waals surface area (Å²) >= 11 is 0. The summed E-state index contributed by atoms with van der Waals surface area (Å²) in [6.07, 6.45) is 0. The molecule has 0 radical (unpaired) electrons. The highest BCUT2D eigenvalue weighted by Crippen LogP contribution is 2.29. The van der Waals surface area contributed by atoms with Gasteiger partial charge in [-0.25, -0.2) is 16.8 Å². The van der Waals surface area contributed by atoms with Crippen LogP contribution >= 0.6 is 0 Å². The van der Waals surface area contributed by atoms with E-state index < -0.39 is 19.7 Å². The SMILES string of the molecule is Nc1ccc(S(=O)(=O)c2cccc(S(=O)(=O)c3ccccc3N)c2)cc1. The molecule has 0 heterocycles. The summed E-state index contributed by atoms with van der Waals surface area (Å²) in [5.41, 5.74) is 11.9. The van der Waals surface area contributed by atoms with Gasteiger partial charge in [0.15, 0.2) is 0 Å². The fourth-order valence-corrected chi connectivity index (χ4v) is 5.25. The Hall–Kier alpha value is -2.84. The molecule has 0 aliphatic carbocycles. The zero-order chi connectivity index (χ0) is 18.9. The van der Waals surface area contributed by atoms with Gasteiger partial charge in [-0.3, -0.25) is 0 Å². The molecule has 134 valence electrons. The number of benzene rings is 3. The van der Waals surface area contributed by atoms with Gasteiger partial charge in [-0.05, 0) is 54.6 Å². The van der Waals surface area contributed by atoms with Gasteiger partial charge in [0.1, 0.15) is 0 Å². The van der Waals surface area contributed by atoms with Crippen LogP contribution in [0.25, 0.3) is 0 Å². The van der Waals surface area contributed by atoms with Gasteiger partial charge in [-0.1, -0.05) is 18.2 Å². The molecule has 6 nitrogen and oxygen atoms in total. The number of nitrogen functional groups attached to an aromatic ring is 2. The van der Waals surface area contributed by atoms with Crippen molar-refractivity contribution in [2.75, 3.05) is 11.5 Å². The highest BCUT2D eigenvalue weighted by molar-refractivity contribution is 7.92. The molecule has 26 heavy (non-hydrogen) atoms. The van der Waals surface area contributed by atoms with Crippen molar-refractivity contribution >= 4 is 31.0 Å². The lowest BCUT2D eigenvalue weighted by Gasteiger charge is -2.10. The largest absolute Gasteiger partial charge is 0.399 e. The summed E-state index contributed by atoms with van der Waals surface area (Å²) in [5, 5.41) is 0. The molecule has 0 bridgehead atoms. The van der Waals surface area contributed by atoms with Gasteiger partial charge in [0, 0.05) is 5.69 Å². The van der Waals surface area contributed by atoms with Crippen LogP contribution in [0.3, 0.4) is 0 Å². The first kappa shape index (κ1) is 18.0. The van der Waals surface area contributed by atoms with Crippen molar-refractivity contribution in [3.63, 3.8) is 0 Å². The van der Waals surface area contributed by atoms with Gasteiger partial charge in [-0.15, -0.1) is 0 Å². The number of nitrogens with two attached hydrogens (primary N) is 2. The number of hydrogen-bond donors (Lipinski definition) is 2. The molecule has 3 aromatic rings. The summed E-state index contributed by atoms with van der Waals surface area (Å²) in [7, 11) is -7.83. The van der Waals surface area contributed by atoms with Crippen molar-refractivity contribution in [2.45, 2.75) is 19.6 Å². The number of hydrogen-bond acceptors (Lipinski definition) is 6. The second-order valence-corrected chi connectivity index (χ2v) is 9.46. The molecule has 0 spiro atoms. The summed E-state index contributed by atoms with van der Waals surface area (Å²) in [4.78, 5) is -0.313. The molecule has 8 heteroatoms. The highest BCUT2D eigenvalue weighted by atomic mass is 32.2. The van der Waals surface area contributed by atoms with E-state index in [9.17, 15) is 16.8 Å². The first-order valence-corrected chi connectivity index (χ1v) is 10.5. The minimum absolute atomic E-state index is 0.0282. The van der Waals surface area contributed by atoms with E-state index >= 15 is 0 Å². The molecule has 3 rings (SSSR count). The first-order valence-electron chi connectivity index (χ1n) is 7.53. The Morgan fingerprint density at radius 1 is 0.577 bits per heavy atom. The van der Waals surface area contributed by atoms with Crippen molar-refractivity contribution in [3.8, 4) is 0 Å². The average molecular weight is 388 g/mol. The molecule has 0 saturated carbocycles. The minimum atomic E-state index is -3.95. The summed E-state index contributed by atoms with van der Waals surface area (Å²) < 4.78 is 51.2. The van der Waals surface area contributed by atoms with E-state index in [-0.39, 0.29) is 25.3 Å². The van der Waals surface area contributed by atoms with E-state index in [1.807, 2.05) is 0 Å². The normalized spacial score (nSPS) is 12.0. The molecule has 0 atom stereocenters. The third-order valence-corrected chi connectivity index (χ3v) is 7.42. The van der Waals surface area contributed by atoms with Gasteiger partial charge in [0.25, 0.3) is 0 Å². The predicted octanol–water partition coefficient (Wildman–Crippen LogP) is 2.52. The first-order chi connectivity index (χ1) is 12.2. The number of rotatable bonds is 4. The Morgan fingerprint density at radius 3 is 1.77 bits per heavy atom. The average Bonchev–Trinajstić information content (AvgIpc) is 2.62. The van der Waals surface area contributed by atoms with E-state index in [4.69, 9.17) is 11.5 Å². The maximum absolute atomic E-state index is 12.8.